The van der Waals surface area contributed by atoms with Crippen LogP contribution in [-0.2, 0) is 33.6 Å². The Hall–Kier alpha value is -3.77. The number of amides is 4. The molecule has 18 heteroatoms. The van der Waals surface area contributed by atoms with Gasteiger partial charge in [0.05, 0.1) is 18.1 Å². The van der Waals surface area contributed by atoms with Crippen LogP contribution in [0.1, 0.15) is 186 Å². The van der Waals surface area contributed by atoms with Crippen LogP contribution in [0.5, 0.6) is 0 Å². The zero-order valence-electron chi connectivity index (χ0n) is 36.9. The van der Waals surface area contributed by atoms with Crippen molar-refractivity contribution < 1.29 is 48.9 Å². The summed E-state index contributed by atoms with van der Waals surface area (Å²) < 4.78 is 0. The number of unbranched alkanes of at least 4 members (excludes halogenated alkanes) is 18. The van der Waals surface area contributed by atoms with Crippen molar-refractivity contribution in [3.05, 3.63) is 0 Å². The van der Waals surface area contributed by atoms with Crippen molar-refractivity contribution in [2.24, 2.45) is 11.5 Å². The second-order valence-corrected chi connectivity index (χ2v) is 16.2. The van der Waals surface area contributed by atoms with Gasteiger partial charge in [0.1, 0.15) is 6.04 Å². The predicted molar refractivity (Wildman–Crippen MR) is 236 cm³/mol. The average molecular weight is 866 g/mol. The first-order valence-corrected chi connectivity index (χ1v) is 23.0. The lowest BCUT2D eigenvalue weighted by molar-refractivity contribution is -0.142. The Morgan fingerprint density at radius 3 is 1.18 bits per heavy atom. The third-order valence-electron chi connectivity index (χ3n) is 10.7. The maximum Gasteiger partial charge on any atom is 0.326 e. The molecular formula is C43H80BN7O10. The van der Waals surface area contributed by atoms with E-state index in [1.807, 2.05) is 0 Å². The molecule has 0 aromatic rings. The summed E-state index contributed by atoms with van der Waals surface area (Å²) in [5, 5.41) is 40.2. The molecule has 350 valence electrons. The first-order chi connectivity index (χ1) is 29.3. The molecule has 4 atom stereocenters. The summed E-state index contributed by atoms with van der Waals surface area (Å²) in [6.45, 7) is 1.12. The van der Waals surface area contributed by atoms with E-state index in [1.165, 1.54) is 57.8 Å². The molecule has 17 nitrogen and oxygen atoms in total. The van der Waals surface area contributed by atoms with Gasteiger partial charge in [-0.15, -0.1) is 0 Å². The Kier molecular flexibility index (Phi) is 36.7. The molecule has 0 aromatic carbocycles. The van der Waals surface area contributed by atoms with Gasteiger partial charge in [-0.2, -0.15) is 0 Å². The van der Waals surface area contributed by atoms with E-state index in [1.54, 1.807) is 0 Å². The van der Waals surface area contributed by atoms with Gasteiger partial charge in [-0.3, -0.25) is 28.8 Å². The fourth-order valence-electron chi connectivity index (χ4n) is 6.83. The molecule has 0 aliphatic heterocycles. The highest BCUT2D eigenvalue weighted by Crippen LogP contribution is 2.15. The second kappa shape index (κ2) is 39.1. The molecule has 0 saturated carbocycles. The van der Waals surface area contributed by atoms with Crippen molar-refractivity contribution in [2.45, 2.75) is 210 Å². The Balaban J connectivity index is 3.85. The number of rotatable bonds is 43. The van der Waals surface area contributed by atoms with Gasteiger partial charge < -0.3 is 53.3 Å². The predicted octanol–water partition coefficient (Wildman–Crippen LogP) is 4.08. The van der Waals surface area contributed by atoms with E-state index >= 15 is 0 Å². The first kappa shape index (κ1) is 57.2. The van der Waals surface area contributed by atoms with E-state index < -0.39 is 42.1 Å². The van der Waals surface area contributed by atoms with Crippen molar-refractivity contribution in [3.63, 3.8) is 0 Å². The molecule has 0 rings (SSSR count). The molecule has 2 radical (unpaired) electrons. The monoisotopic (exact) mass is 866 g/mol. The van der Waals surface area contributed by atoms with Crippen LogP contribution in [0.15, 0.2) is 0 Å². The molecule has 0 heterocycles. The van der Waals surface area contributed by atoms with Crippen LogP contribution >= 0.6 is 0 Å². The van der Waals surface area contributed by atoms with E-state index in [0.717, 1.165) is 38.5 Å². The molecule has 0 bridgehead atoms. The van der Waals surface area contributed by atoms with Crippen molar-refractivity contribution in [3.8, 4) is 0 Å². The summed E-state index contributed by atoms with van der Waals surface area (Å²) >= 11 is 0. The third kappa shape index (κ3) is 35.5. The fraction of sp³-hybridized carbons (Fsp3) is 0.837. The van der Waals surface area contributed by atoms with E-state index in [9.17, 15) is 38.7 Å². The number of carboxylic acid groups (broad SMARTS) is 3. The van der Waals surface area contributed by atoms with Crippen molar-refractivity contribution in [1.29, 1.82) is 0 Å². The molecule has 4 amide bonds. The number of hydrogen-bond acceptors (Lipinski definition) is 10. The van der Waals surface area contributed by atoms with Gasteiger partial charge in [0.2, 0.25) is 23.6 Å². The zero-order chi connectivity index (χ0) is 45.5. The van der Waals surface area contributed by atoms with E-state index in [4.69, 9.17) is 29.7 Å². The number of carbonyl (C=O) groups is 7. The number of aliphatic carboxylic acids is 3. The minimum Gasteiger partial charge on any atom is -0.481 e. The SMILES string of the molecule is [B]N[C@@H](CCCCNC(=O)[C@@H](N)CCCCNC(=O)[C@@H](N)CCCCNC(=O)CC[C@H](NC(=O)CCCCCCCCCCCCCCCCCCC(=O)O)C(=O)O)C(=O)O. The summed E-state index contributed by atoms with van der Waals surface area (Å²) in [7, 11) is 5.20. The van der Waals surface area contributed by atoms with Gasteiger partial charge in [-0.1, -0.05) is 89.9 Å². The second-order valence-electron chi connectivity index (χ2n) is 16.2. The minimum absolute atomic E-state index is 0.0145. The van der Waals surface area contributed by atoms with Crippen LogP contribution < -0.4 is 38.0 Å². The average Bonchev–Trinajstić information content (AvgIpc) is 3.22. The summed E-state index contributed by atoms with van der Waals surface area (Å²) in [6.07, 6.45) is 23.1. The molecule has 0 unspecified atom stereocenters. The minimum atomic E-state index is -1.18. The third-order valence-corrected chi connectivity index (χ3v) is 10.7. The number of nitrogens with one attached hydrogen (secondary N) is 5. The van der Waals surface area contributed by atoms with Crippen molar-refractivity contribution in [1.82, 2.24) is 26.5 Å². The van der Waals surface area contributed by atoms with Gasteiger partial charge in [0.15, 0.2) is 7.98 Å². The van der Waals surface area contributed by atoms with Crippen LogP contribution in [0, 0.1) is 0 Å². The van der Waals surface area contributed by atoms with Crippen molar-refractivity contribution >= 4 is 49.5 Å². The first-order valence-electron chi connectivity index (χ1n) is 23.0. The molecule has 0 spiro atoms. The lowest BCUT2D eigenvalue weighted by Crippen LogP contribution is -2.42. The van der Waals surface area contributed by atoms with Crippen LogP contribution in [0.25, 0.3) is 0 Å². The molecule has 0 aliphatic carbocycles. The normalized spacial score (nSPS) is 13.1. The van der Waals surface area contributed by atoms with Crippen LogP contribution in [-0.4, -0.2) is 109 Å². The largest absolute Gasteiger partial charge is 0.481 e. The molecule has 0 fully saturated rings. The molecular weight excluding hydrogens is 785 g/mol. The highest BCUT2D eigenvalue weighted by molar-refractivity contribution is 6.06. The standard InChI is InChI=1S/C43H80BN7O10/c44-51-36(43(60)61)25-19-22-32-49-41(57)34(46)24-18-21-31-48-40(56)33(45)23-17-20-30-47-37(52)29-28-35(42(58)59)50-38(53)26-15-13-11-9-7-5-3-1-2-4-6-8-10-12-14-16-27-39(54)55/h33-36,51H,1-32,45-46H2,(H,47,52)(H,48,56)(H,49,57)(H,50,53)(H,54,55)(H,58,59)(H,60,61)/t33-,34-,35-,36-/m0/s1. The van der Waals surface area contributed by atoms with E-state index in [0.29, 0.717) is 83.8 Å². The zero-order valence-corrected chi connectivity index (χ0v) is 36.9. The Morgan fingerprint density at radius 2 is 0.787 bits per heavy atom. The Labute approximate surface area is 365 Å². The Bertz CT molecular complexity index is 1230. The summed E-state index contributed by atoms with van der Waals surface area (Å²) in [4.78, 5) is 82.4. The van der Waals surface area contributed by atoms with Crippen LogP contribution in [0.2, 0.25) is 0 Å². The molecule has 0 aromatic heterocycles. The molecule has 61 heavy (non-hydrogen) atoms. The van der Waals surface area contributed by atoms with Gasteiger partial charge in [-0.25, -0.2) is 4.79 Å². The number of nitrogens with two attached hydrogens (primary N) is 2. The van der Waals surface area contributed by atoms with Gasteiger partial charge in [0, 0.05) is 38.9 Å². The van der Waals surface area contributed by atoms with Crippen molar-refractivity contribution in [2.75, 3.05) is 19.6 Å². The quantitative estimate of drug-likeness (QED) is 0.0306. The maximum atomic E-state index is 12.4. The highest BCUT2D eigenvalue weighted by atomic mass is 16.4. The number of hydrogen-bond donors (Lipinski definition) is 10. The van der Waals surface area contributed by atoms with Gasteiger partial charge in [-0.05, 0) is 77.0 Å². The summed E-state index contributed by atoms with van der Waals surface area (Å²) in [6, 6.07) is -3.36. The van der Waals surface area contributed by atoms with E-state index in [-0.39, 0.29) is 49.3 Å². The number of carboxylic acids is 3. The van der Waals surface area contributed by atoms with Crippen LogP contribution in [0.3, 0.4) is 0 Å². The highest BCUT2D eigenvalue weighted by Gasteiger charge is 2.21. The topological polar surface area (TPSA) is 292 Å². The summed E-state index contributed by atoms with van der Waals surface area (Å²) in [5.41, 5.74) is 12.0. The van der Waals surface area contributed by atoms with Crippen LogP contribution in [0.4, 0.5) is 0 Å². The lowest BCUT2D eigenvalue weighted by Gasteiger charge is -2.15. The summed E-state index contributed by atoms with van der Waals surface area (Å²) in [5.74, 6) is -4.12. The molecule has 0 saturated heterocycles. The van der Waals surface area contributed by atoms with Gasteiger partial charge in [0.25, 0.3) is 0 Å². The smallest absolute Gasteiger partial charge is 0.326 e. The fourth-order valence-corrected chi connectivity index (χ4v) is 6.83. The van der Waals surface area contributed by atoms with Gasteiger partial charge >= 0.3 is 17.9 Å². The maximum absolute atomic E-state index is 12.4. The number of carbonyl (C=O) groups excluding carboxylic acids is 4. The lowest BCUT2D eigenvalue weighted by atomic mass is 10.0. The molecule has 12 N–H and O–H groups in total. The Morgan fingerprint density at radius 1 is 0.410 bits per heavy atom. The molecule has 0 aliphatic rings. The van der Waals surface area contributed by atoms with E-state index in [2.05, 4.69) is 26.5 Å².